The predicted octanol–water partition coefficient (Wildman–Crippen LogP) is 3.86. The average molecular weight is 518 g/mol. The number of carbonyl (C=O) groups is 2. The highest BCUT2D eigenvalue weighted by molar-refractivity contribution is 5.95. The third-order valence-electron chi connectivity index (χ3n) is 7.34. The van der Waals surface area contributed by atoms with E-state index in [0.29, 0.717) is 31.0 Å². The predicted molar refractivity (Wildman–Crippen MR) is 143 cm³/mol. The zero-order chi connectivity index (χ0) is 26.6. The van der Waals surface area contributed by atoms with Crippen molar-refractivity contribution in [2.45, 2.75) is 12.0 Å². The molecule has 2 amide bonds. The van der Waals surface area contributed by atoms with E-state index in [-0.39, 0.29) is 17.6 Å². The summed E-state index contributed by atoms with van der Waals surface area (Å²) in [4.78, 5) is 30.4. The number of halogens is 1. The Hall–Kier alpha value is -3.75. The third kappa shape index (κ3) is 5.28. The second-order valence-electron chi connectivity index (χ2n) is 9.64. The van der Waals surface area contributed by atoms with Gasteiger partial charge in [0.15, 0.2) is 0 Å². The van der Waals surface area contributed by atoms with Gasteiger partial charge >= 0.3 is 0 Å². The van der Waals surface area contributed by atoms with Crippen LogP contribution in [0.4, 0.5) is 4.39 Å². The summed E-state index contributed by atoms with van der Waals surface area (Å²) < 4.78 is 24.9. The summed E-state index contributed by atoms with van der Waals surface area (Å²) in [6.45, 7) is 4.58. The quantitative estimate of drug-likeness (QED) is 0.516. The van der Waals surface area contributed by atoms with Crippen LogP contribution in [0.2, 0.25) is 0 Å². The number of rotatable bonds is 7. The summed E-state index contributed by atoms with van der Waals surface area (Å²) in [5, 5.41) is 2.74. The molecule has 0 radical (unpaired) electrons. The van der Waals surface area contributed by atoms with E-state index in [9.17, 15) is 14.0 Å². The first kappa shape index (κ1) is 25.9. The van der Waals surface area contributed by atoms with Crippen LogP contribution in [-0.2, 0) is 9.53 Å². The van der Waals surface area contributed by atoms with E-state index < -0.39 is 12.0 Å². The van der Waals surface area contributed by atoms with Gasteiger partial charge in [0.1, 0.15) is 23.6 Å². The van der Waals surface area contributed by atoms with E-state index in [4.69, 9.17) is 9.47 Å². The lowest BCUT2D eigenvalue weighted by molar-refractivity contribution is -0.123. The van der Waals surface area contributed by atoms with Crippen molar-refractivity contribution in [1.29, 1.82) is 0 Å². The molecule has 3 aromatic carbocycles. The molecule has 5 rings (SSSR count). The summed E-state index contributed by atoms with van der Waals surface area (Å²) in [6, 6.07) is 19.4. The van der Waals surface area contributed by atoms with Gasteiger partial charge in [-0.25, -0.2) is 4.39 Å². The Morgan fingerprint density at radius 3 is 2.45 bits per heavy atom. The molecule has 3 aromatic rings. The van der Waals surface area contributed by atoms with Crippen LogP contribution in [0.3, 0.4) is 0 Å². The zero-order valence-corrected chi connectivity index (χ0v) is 21.7. The number of nitrogens with one attached hydrogen (secondary N) is 1. The van der Waals surface area contributed by atoms with Gasteiger partial charge in [0, 0.05) is 58.0 Å². The fourth-order valence-electron chi connectivity index (χ4n) is 5.20. The second-order valence-corrected chi connectivity index (χ2v) is 9.64. The zero-order valence-electron chi connectivity index (χ0n) is 21.7. The summed E-state index contributed by atoms with van der Waals surface area (Å²) in [5.41, 5.74) is 3.91. The van der Waals surface area contributed by atoms with Crippen molar-refractivity contribution in [2.24, 2.45) is 0 Å². The molecule has 198 valence electrons. The maximum Gasteiger partial charge on any atom is 0.253 e. The lowest BCUT2D eigenvalue weighted by Crippen LogP contribution is -2.49. The Morgan fingerprint density at radius 1 is 1.00 bits per heavy atom. The average Bonchev–Trinajstić information content (AvgIpc) is 3.35. The number of ether oxygens (including phenoxy) is 2. The lowest BCUT2D eigenvalue weighted by Gasteiger charge is -2.34. The Labute approximate surface area is 222 Å². The molecule has 0 saturated carbocycles. The maximum atomic E-state index is 13.5. The molecular weight excluding hydrogens is 485 g/mol. The van der Waals surface area contributed by atoms with Gasteiger partial charge in [-0.2, -0.15) is 0 Å². The van der Waals surface area contributed by atoms with Crippen molar-refractivity contribution >= 4 is 11.8 Å². The standard InChI is InChI=1S/C30H32FN3O4/c1-32-29(35)27-25-19-22(8-11-26(25)38-28(27)20-6-9-24(31)10-7-20)21-4-3-5-23(18-21)30(36)34-14-12-33(13-15-34)16-17-37-2/h3-11,18-19,27-28H,12-17H2,1-2H3,(H,32,35). The highest BCUT2D eigenvalue weighted by Crippen LogP contribution is 2.47. The molecule has 7 nitrogen and oxygen atoms in total. The van der Waals surface area contributed by atoms with Gasteiger partial charge in [-0.1, -0.05) is 30.3 Å². The van der Waals surface area contributed by atoms with Crippen molar-refractivity contribution < 1.29 is 23.5 Å². The van der Waals surface area contributed by atoms with Gasteiger partial charge < -0.3 is 19.7 Å². The van der Waals surface area contributed by atoms with E-state index in [1.807, 2.05) is 47.4 Å². The van der Waals surface area contributed by atoms with Crippen LogP contribution in [0, 0.1) is 5.82 Å². The fraction of sp³-hybridized carbons (Fsp3) is 0.333. The van der Waals surface area contributed by atoms with Crippen LogP contribution in [0.15, 0.2) is 66.7 Å². The van der Waals surface area contributed by atoms with Gasteiger partial charge in [0.25, 0.3) is 5.91 Å². The minimum atomic E-state index is -0.584. The molecule has 2 aliphatic heterocycles. The number of hydrogen-bond donors (Lipinski definition) is 1. The highest BCUT2D eigenvalue weighted by Gasteiger charge is 2.40. The minimum absolute atomic E-state index is 0.0161. The van der Waals surface area contributed by atoms with Crippen molar-refractivity contribution in [3.8, 4) is 16.9 Å². The molecule has 1 N–H and O–H groups in total. The Bertz CT molecular complexity index is 1310. The minimum Gasteiger partial charge on any atom is -0.484 e. The summed E-state index contributed by atoms with van der Waals surface area (Å²) in [7, 11) is 3.29. The van der Waals surface area contributed by atoms with E-state index in [1.54, 1.807) is 26.3 Å². The normalized spacial score (nSPS) is 19.1. The molecule has 0 aromatic heterocycles. The lowest BCUT2D eigenvalue weighted by atomic mass is 9.88. The SMILES string of the molecule is CNC(=O)C1c2cc(-c3cccc(C(=O)N4CCN(CCOC)CC4)c3)ccc2OC1c1ccc(F)cc1. The van der Waals surface area contributed by atoms with Crippen molar-refractivity contribution in [3.63, 3.8) is 0 Å². The molecule has 2 aliphatic rings. The van der Waals surface area contributed by atoms with Crippen molar-refractivity contribution in [3.05, 3.63) is 89.2 Å². The Morgan fingerprint density at radius 2 is 1.74 bits per heavy atom. The van der Waals surface area contributed by atoms with Gasteiger partial charge in [-0.3, -0.25) is 14.5 Å². The summed E-state index contributed by atoms with van der Waals surface area (Å²) >= 11 is 0. The van der Waals surface area contributed by atoms with Gasteiger partial charge in [0.2, 0.25) is 5.91 Å². The highest BCUT2D eigenvalue weighted by atomic mass is 19.1. The Kier molecular flexibility index (Phi) is 7.72. The molecule has 8 heteroatoms. The van der Waals surface area contributed by atoms with Crippen LogP contribution in [0.5, 0.6) is 5.75 Å². The number of likely N-dealkylation sites (N-methyl/N-ethyl adjacent to an activating group) is 1. The molecule has 0 aliphatic carbocycles. The molecular formula is C30H32FN3O4. The largest absolute Gasteiger partial charge is 0.484 e. The number of amides is 2. The van der Waals surface area contributed by atoms with Crippen LogP contribution >= 0.6 is 0 Å². The monoisotopic (exact) mass is 517 g/mol. The first-order chi connectivity index (χ1) is 18.5. The fourth-order valence-corrected chi connectivity index (χ4v) is 5.20. The van der Waals surface area contributed by atoms with Crippen LogP contribution in [0.1, 0.15) is 33.5 Å². The van der Waals surface area contributed by atoms with Crippen LogP contribution in [-0.4, -0.2) is 75.1 Å². The molecule has 1 saturated heterocycles. The molecule has 38 heavy (non-hydrogen) atoms. The topological polar surface area (TPSA) is 71.1 Å². The number of benzene rings is 3. The molecule has 0 bridgehead atoms. The van der Waals surface area contributed by atoms with Crippen molar-refractivity contribution in [2.75, 3.05) is 53.5 Å². The second kappa shape index (κ2) is 11.3. The van der Waals surface area contributed by atoms with Gasteiger partial charge in [-0.15, -0.1) is 0 Å². The summed E-state index contributed by atoms with van der Waals surface area (Å²) in [6.07, 6.45) is -0.559. The molecule has 0 spiro atoms. The number of hydrogen-bond acceptors (Lipinski definition) is 5. The third-order valence-corrected chi connectivity index (χ3v) is 7.34. The van der Waals surface area contributed by atoms with Gasteiger partial charge in [-0.05, 0) is 53.1 Å². The van der Waals surface area contributed by atoms with E-state index in [0.717, 1.165) is 41.9 Å². The van der Waals surface area contributed by atoms with E-state index in [1.165, 1.54) is 12.1 Å². The number of piperazine rings is 1. The Balaban J connectivity index is 1.37. The summed E-state index contributed by atoms with van der Waals surface area (Å²) in [5.74, 6) is -0.466. The smallest absolute Gasteiger partial charge is 0.253 e. The van der Waals surface area contributed by atoms with E-state index in [2.05, 4.69) is 10.2 Å². The first-order valence-corrected chi connectivity index (χ1v) is 12.9. The van der Waals surface area contributed by atoms with Crippen molar-refractivity contribution in [1.82, 2.24) is 15.1 Å². The first-order valence-electron chi connectivity index (χ1n) is 12.9. The van der Waals surface area contributed by atoms with E-state index >= 15 is 0 Å². The number of fused-ring (bicyclic) bond motifs is 1. The molecule has 2 atom stereocenters. The number of nitrogens with zero attached hydrogens (tertiary/aromatic N) is 2. The van der Waals surface area contributed by atoms with Gasteiger partial charge in [0.05, 0.1) is 6.61 Å². The van der Waals surface area contributed by atoms with Crippen LogP contribution in [0.25, 0.3) is 11.1 Å². The molecule has 1 fully saturated rings. The maximum absolute atomic E-state index is 13.5. The van der Waals surface area contributed by atoms with Crippen LogP contribution < -0.4 is 10.1 Å². The number of methoxy groups -OCH3 is 1. The molecule has 2 unspecified atom stereocenters. The molecule has 2 heterocycles. The number of carbonyl (C=O) groups excluding carboxylic acids is 2.